The Morgan fingerprint density at radius 1 is 1.14 bits per heavy atom. The minimum atomic E-state index is -0.428. The number of anilines is 1. The molecule has 2 heterocycles. The number of ether oxygens (including phenoxy) is 1. The lowest BCUT2D eigenvalue weighted by Gasteiger charge is -2.17. The van der Waals surface area contributed by atoms with E-state index < -0.39 is 11.8 Å². The monoisotopic (exact) mass is 302 g/mol. The second-order valence-electron chi connectivity index (χ2n) is 4.61. The number of imide groups is 1. The zero-order valence-electron chi connectivity index (χ0n) is 11.4. The minimum Gasteiger partial charge on any atom is -0.493 e. The number of halogens is 1. The summed E-state index contributed by atoms with van der Waals surface area (Å²) < 4.78 is 5.27. The first-order chi connectivity index (χ1) is 10.0. The summed E-state index contributed by atoms with van der Waals surface area (Å²) in [5, 5.41) is 0.194. The highest BCUT2D eigenvalue weighted by molar-refractivity contribution is 6.35. The Balaban J connectivity index is 2.20. The molecule has 21 heavy (non-hydrogen) atoms. The summed E-state index contributed by atoms with van der Waals surface area (Å²) in [6.45, 7) is 1.77. The molecule has 3 rings (SSSR count). The molecule has 1 aliphatic rings. The van der Waals surface area contributed by atoms with Crippen LogP contribution in [0.3, 0.4) is 0 Å². The SMILES string of the molecule is COc1c(C)cc(Cl)nc1N1C(=O)c2ccccc2C1=O. The van der Waals surface area contributed by atoms with Crippen LogP contribution in [-0.4, -0.2) is 23.9 Å². The molecule has 0 spiro atoms. The topological polar surface area (TPSA) is 59.5 Å². The predicted molar refractivity (Wildman–Crippen MR) is 78.1 cm³/mol. The molecular formula is C15H11ClN2O3. The van der Waals surface area contributed by atoms with Gasteiger partial charge in [-0.3, -0.25) is 9.59 Å². The summed E-state index contributed by atoms with van der Waals surface area (Å²) in [7, 11) is 1.46. The number of benzene rings is 1. The number of carbonyl (C=O) groups is 2. The lowest BCUT2D eigenvalue weighted by atomic mass is 10.1. The summed E-state index contributed by atoms with van der Waals surface area (Å²) in [6.07, 6.45) is 0. The number of nitrogens with zero attached hydrogens (tertiary/aromatic N) is 2. The number of carbonyl (C=O) groups excluding carboxylic acids is 2. The van der Waals surface area contributed by atoms with Crippen LogP contribution in [0, 0.1) is 6.92 Å². The number of aryl methyl sites for hydroxylation is 1. The molecule has 1 aromatic carbocycles. The molecule has 0 saturated carbocycles. The molecule has 0 fully saturated rings. The molecule has 1 aromatic heterocycles. The fourth-order valence-corrected chi connectivity index (χ4v) is 2.63. The van der Waals surface area contributed by atoms with Gasteiger partial charge < -0.3 is 4.74 Å². The van der Waals surface area contributed by atoms with Crippen molar-refractivity contribution in [2.24, 2.45) is 0 Å². The van der Waals surface area contributed by atoms with Gasteiger partial charge in [0.05, 0.1) is 18.2 Å². The Kier molecular flexibility index (Phi) is 3.14. The summed E-state index contributed by atoms with van der Waals surface area (Å²) in [5.41, 5.74) is 1.40. The normalized spacial score (nSPS) is 13.6. The van der Waals surface area contributed by atoms with Crippen LogP contribution < -0.4 is 9.64 Å². The van der Waals surface area contributed by atoms with E-state index >= 15 is 0 Å². The van der Waals surface area contributed by atoms with Crippen molar-refractivity contribution in [2.45, 2.75) is 6.92 Å². The standard InChI is InChI=1S/C15H11ClN2O3/c1-8-7-11(16)17-13(12(8)21-2)18-14(19)9-5-3-4-6-10(9)15(18)20/h3-7H,1-2H3. The fourth-order valence-electron chi connectivity index (χ4n) is 2.39. The highest BCUT2D eigenvalue weighted by Gasteiger charge is 2.39. The average molecular weight is 303 g/mol. The Morgan fingerprint density at radius 2 is 1.71 bits per heavy atom. The van der Waals surface area contributed by atoms with Crippen LogP contribution in [0.2, 0.25) is 5.15 Å². The van der Waals surface area contributed by atoms with Crippen molar-refractivity contribution in [3.8, 4) is 5.75 Å². The molecule has 5 nitrogen and oxygen atoms in total. The first kappa shape index (κ1) is 13.6. The van der Waals surface area contributed by atoms with Gasteiger partial charge in [-0.25, -0.2) is 9.88 Å². The van der Waals surface area contributed by atoms with Gasteiger partial charge in [0, 0.05) is 0 Å². The maximum atomic E-state index is 12.5. The number of hydrogen-bond donors (Lipinski definition) is 0. The zero-order valence-corrected chi connectivity index (χ0v) is 12.1. The predicted octanol–water partition coefficient (Wildman–Crippen LogP) is 2.85. The van der Waals surface area contributed by atoms with Crippen LogP contribution >= 0.6 is 11.6 Å². The number of amides is 2. The fraction of sp³-hybridized carbons (Fsp3) is 0.133. The van der Waals surface area contributed by atoms with E-state index in [-0.39, 0.29) is 11.0 Å². The smallest absolute Gasteiger partial charge is 0.267 e. The first-order valence-corrected chi connectivity index (χ1v) is 6.61. The maximum Gasteiger partial charge on any atom is 0.267 e. The molecule has 106 valence electrons. The van der Waals surface area contributed by atoms with E-state index in [9.17, 15) is 9.59 Å². The number of fused-ring (bicyclic) bond motifs is 1. The van der Waals surface area contributed by atoms with Crippen molar-refractivity contribution in [3.05, 3.63) is 52.2 Å². The second kappa shape index (κ2) is 4.86. The minimum absolute atomic E-state index is 0.119. The zero-order chi connectivity index (χ0) is 15.1. The van der Waals surface area contributed by atoms with Crippen molar-refractivity contribution >= 4 is 29.2 Å². The second-order valence-corrected chi connectivity index (χ2v) is 5.00. The van der Waals surface area contributed by atoms with Crippen molar-refractivity contribution in [1.82, 2.24) is 4.98 Å². The van der Waals surface area contributed by atoms with Gasteiger partial charge in [0.2, 0.25) is 0 Å². The van der Waals surface area contributed by atoms with Crippen LogP contribution in [0.1, 0.15) is 26.3 Å². The lowest BCUT2D eigenvalue weighted by molar-refractivity contribution is 0.0924. The highest BCUT2D eigenvalue weighted by Crippen LogP contribution is 2.36. The van der Waals surface area contributed by atoms with E-state index in [0.717, 1.165) is 4.90 Å². The van der Waals surface area contributed by atoms with Crippen molar-refractivity contribution in [1.29, 1.82) is 0 Å². The van der Waals surface area contributed by atoms with Crippen LogP contribution in [-0.2, 0) is 0 Å². The van der Waals surface area contributed by atoms with E-state index in [4.69, 9.17) is 16.3 Å². The van der Waals surface area contributed by atoms with Crippen LogP contribution in [0.25, 0.3) is 0 Å². The summed E-state index contributed by atoms with van der Waals surface area (Å²) in [5.74, 6) is -0.381. The molecule has 2 amide bonds. The molecule has 6 heteroatoms. The van der Waals surface area contributed by atoms with Gasteiger partial charge in [-0.1, -0.05) is 23.7 Å². The molecule has 2 aromatic rings. The van der Waals surface area contributed by atoms with Crippen LogP contribution in [0.5, 0.6) is 5.75 Å². The van der Waals surface area contributed by atoms with E-state index in [1.54, 1.807) is 37.3 Å². The summed E-state index contributed by atoms with van der Waals surface area (Å²) >= 11 is 5.95. The number of pyridine rings is 1. The molecule has 1 aliphatic heterocycles. The molecule has 0 saturated heterocycles. The van der Waals surface area contributed by atoms with Crippen molar-refractivity contribution in [2.75, 3.05) is 12.0 Å². The summed E-state index contributed by atoms with van der Waals surface area (Å²) in [6, 6.07) is 8.25. The van der Waals surface area contributed by atoms with E-state index in [1.165, 1.54) is 7.11 Å². The van der Waals surface area contributed by atoms with E-state index in [1.807, 2.05) is 0 Å². The van der Waals surface area contributed by atoms with E-state index in [2.05, 4.69) is 4.98 Å². The molecular weight excluding hydrogens is 292 g/mol. The molecule has 0 radical (unpaired) electrons. The van der Waals surface area contributed by atoms with Gasteiger partial charge in [0.15, 0.2) is 11.6 Å². The molecule has 0 N–H and O–H groups in total. The third kappa shape index (κ3) is 1.97. The number of methoxy groups -OCH3 is 1. The number of aromatic nitrogens is 1. The highest BCUT2D eigenvalue weighted by atomic mass is 35.5. The van der Waals surface area contributed by atoms with Crippen molar-refractivity contribution in [3.63, 3.8) is 0 Å². The van der Waals surface area contributed by atoms with Gasteiger partial charge in [0.1, 0.15) is 5.15 Å². The quantitative estimate of drug-likeness (QED) is 0.632. The van der Waals surface area contributed by atoms with Gasteiger partial charge in [-0.2, -0.15) is 0 Å². The largest absolute Gasteiger partial charge is 0.493 e. The lowest BCUT2D eigenvalue weighted by Crippen LogP contribution is -2.30. The Morgan fingerprint density at radius 3 is 2.24 bits per heavy atom. The molecule has 0 bridgehead atoms. The third-order valence-corrected chi connectivity index (χ3v) is 3.51. The maximum absolute atomic E-state index is 12.5. The van der Waals surface area contributed by atoms with E-state index in [0.29, 0.717) is 22.4 Å². The van der Waals surface area contributed by atoms with Gasteiger partial charge >= 0.3 is 0 Å². The van der Waals surface area contributed by atoms with Crippen LogP contribution in [0.15, 0.2) is 30.3 Å². The summed E-state index contributed by atoms with van der Waals surface area (Å²) in [4.78, 5) is 30.0. The molecule has 0 atom stereocenters. The molecule has 0 aliphatic carbocycles. The van der Waals surface area contributed by atoms with Gasteiger partial charge in [-0.15, -0.1) is 0 Å². The van der Waals surface area contributed by atoms with Crippen LogP contribution in [0.4, 0.5) is 5.82 Å². The molecule has 0 unspecified atom stereocenters. The number of hydrogen-bond acceptors (Lipinski definition) is 4. The average Bonchev–Trinajstić information content (AvgIpc) is 2.71. The first-order valence-electron chi connectivity index (χ1n) is 6.23. The number of rotatable bonds is 2. The Labute approximate surface area is 126 Å². The van der Waals surface area contributed by atoms with Gasteiger partial charge in [-0.05, 0) is 30.7 Å². The third-order valence-electron chi connectivity index (χ3n) is 3.32. The Hall–Kier alpha value is -2.40. The Bertz CT molecular complexity index is 739. The van der Waals surface area contributed by atoms with Gasteiger partial charge in [0.25, 0.3) is 11.8 Å². The van der Waals surface area contributed by atoms with Crippen molar-refractivity contribution < 1.29 is 14.3 Å².